The van der Waals surface area contributed by atoms with Crippen LogP contribution in [0.5, 0.6) is 5.75 Å². The number of anilines is 2. The lowest BCUT2D eigenvalue weighted by molar-refractivity contribution is -0.137. The molecule has 6 rings (SSSR count). The van der Waals surface area contributed by atoms with Crippen molar-refractivity contribution in [2.24, 2.45) is 0 Å². The molecule has 1 fully saturated rings. The normalized spacial score (nSPS) is 15.1. The Balaban J connectivity index is 1.26. The van der Waals surface area contributed by atoms with E-state index in [1.54, 1.807) is 16.4 Å². The van der Waals surface area contributed by atoms with E-state index < -0.39 is 29.1 Å². The molecule has 4 aromatic rings. The molecule has 5 heterocycles. The van der Waals surface area contributed by atoms with E-state index in [-0.39, 0.29) is 90.9 Å². The highest BCUT2D eigenvalue weighted by atomic mass is 35.5. The predicted molar refractivity (Wildman–Crippen MR) is 182 cm³/mol. The largest absolute Gasteiger partial charge is 0.505 e. The van der Waals surface area contributed by atoms with Gasteiger partial charge >= 0.3 is 6.18 Å². The molecule has 0 bridgehead atoms. The topological polar surface area (TPSA) is 176 Å². The number of nitrogens with zero attached hydrogens (tertiary/aromatic N) is 7. The van der Waals surface area contributed by atoms with E-state index in [1.165, 1.54) is 17.2 Å². The van der Waals surface area contributed by atoms with Crippen LogP contribution in [0.25, 0.3) is 11.4 Å². The number of piperazine rings is 1. The monoisotopic (exact) mass is 743 g/mol. The molecule has 2 aliphatic heterocycles. The van der Waals surface area contributed by atoms with Crippen molar-refractivity contribution in [1.82, 2.24) is 34.4 Å². The lowest BCUT2D eigenvalue weighted by Gasteiger charge is -2.36. The van der Waals surface area contributed by atoms with E-state index in [0.29, 0.717) is 25.3 Å². The third-order valence-electron chi connectivity index (χ3n) is 8.68. The number of carbonyl (C=O) groups is 3. The number of pyridine rings is 1. The van der Waals surface area contributed by atoms with Crippen molar-refractivity contribution in [2.45, 2.75) is 32.5 Å². The Morgan fingerprint density at radius 3 is 2.54 bits per heavy atom. The number of fused-ring (bicyclic) bond motifs is 1. The van der Waals surface area contributed by atoms with Crippen LogP contribution >= 0.6 is 11.6 Å². The van der Waals surface area contributed by atoms with E-state index in [9.17, 15) is 37.5 Å². The lowest BCUT2D eigenvalue weighted by Crippen LogP contribution is -2.52. The molecule has 3 aromatic heterocycles. The molecule has 15 nitrogen and oxygen atoms in total. The van der Waals surface area contributed by atoms with Crippen molar-refractivity contribution < 1.29 is 37.4 Å². The number of ether oxygens (including phenoxy) is 1. The number of carbonyl (C=O) groups excluding carboxylic acids is 3. The summed E-state index contributed by atoms with van der Waals surface area (Å²) in [4.78, 5) is 64.8. The number of alkyl halides is 3. The van der Waals surface area contributed by atoms with Crippen LogP contribution in [-0.2, 0) is 33.5 Å². The third-order valence-corrected chi connectivity index (χ3v) is 8.99. The van der Waals surface area contributed by atoms with Gasteiger partial charge in [0.2, 0.25) is 17.6 Å². The molecule has 0 unspecified atom stereocenters. The summed E-state index contributed by atoms with van der Waals surface area (Å²) in [7, 11) is 0. The first-order valence-electron chi connectivity index (χ1n) is 16.3. The minimum absolute atomic E-state index is 0.0214. The minimum atomic E-state index is -4.62. The Morgan fingerprint density at radius 2 is 1.88 bits per heavy atom. The van der Waals surface area contributed by atoms with Crippen LogP contribution in [0, 0.1) is 0 Å². The molecule has 2 aliphatic rings. The van der Waals surface area contributed by atoms with Gasteiger partial charge in [0, 0.05) is 32.4 Å². The van der Waals surface area contributed by atoms with E-state index in [2.05, 4.69) is 25.7 Å². The molecule has 3 N–H and O–H groups in total. The number of rotatable bonds is 9. The number of nitrogens with one attached hydrogen (secondary N) is 2. The number of halogens is 4. The fourth-order valence-electron chi connectivity index (χ4n) is 6.04. The van der Waals surface area contributed by atoms with Crippen LogP contribution in [0.1, 0.15) is 40.8 Å². The van der Waals surface area contributed by atoms with Gasteiger partial charge in [-0.15, -0.1) is 5.10 Å². The van der Waals surface area contributed by atoms with Gasteiger partial charge in [0.25, 0.3) is 11.5 Å². The maximum absolute atomic E-state index is 14.1. The average molecular weight is 744 g/mol. The Kier molecular flexibility index (Phi) is 10.5. The highest BCUT2D eigenvalue weighted by Gasteiger charge is 2.32. The molecule has 0 atom stereocenters. The zero-order valence-electron chi connectivity index (χ0n) is 27.7. The van der Waals surface area contributed by atoms with E-state index in [0.717, 1.165) is 34.5 Å². The molecule has 0 radical (unpaired) electrons. The number of aromatic nitrogens is 5. The van der Waals surface area contributed by atoms with Crippen molar-refractivity contribution in [2.75, 3.05) is 56.2 Å². The summed E-state index contributed by atoms with van der Waals surface area (Å²) in [6.07, 6.45) is 0.440. The smallest absolute Gasteiger partial charge is 0.416 e. The summed E-state index contributed by atoms with van der Waals surface area (Å²) in [6, 6.07) is 3.93. The molecule has 52 heavy (non-hydrogen) atoms. The quantitative estimate of drug-likeness (QED) is 0.231. The summed E-state index contributed by atoms with van der Waals surface area (Å²) in [5, 5.41) is 19.2. The second kappa shape index (κ2) is 15.0. The Labute approximate surface area is 298 Å². The van der Waals surface area contributed by atoms with Gasteiger partial charge in [-0.2, -0.15) is 22.7 Å². The van der Waals surface area contributed by atoms with Gasteiger partial charge in [0.05, 0.1) is 53.5 Å². The van der Waals surface area contributed by atoms with Crippen LogP contribution in [0.15, 0.2) is 47.5 Å². The Morgan fingerprint density at radius 1 is 1.12 bits per heavy atom. The van der Waals surface area contributed by atoms with Crippen LogP contribution < -0.4 is 21.1 Å². The number of benzene rings is 1. The summed E-state index contributed by atoms with van der Waals surface area (Å²) in [5.74, 6) is -1.58. The number of hydrogen-bond donors (Lipinski definition) is 3. The van der Waals surface area contributed by atoms with E-state index >= 15 is 0 Å². The first-order chi connectivity index (χ1) is 24.8. The first kappa shape index (κ1) is 36.3. The first-order valence-corrected chi connectivity index (χ1v) is 16.6. The van der Waals surface area contributed by atoms with Gasteiger partial charge in [-0.3, -0.25) is 24.2 Å². The van der Waals surface area contributed by atoms with Gasteiger partial charge in [0.15, 0.2) is 5.82 Å². The maximum atomic E-state index is 14.1. The van der Waals surface area contributed by atoms with Gasteiger partial charge < -0.3 is 34.8 Å². The van der Waals surface area contributed by atoms with Crippen molar-refractivity contribution >= 4 is 52.0 Å². The van der Waals surface area contributed by atoms with E-state index in [4.69, 9.17) is 16.3 Å². The number of aromatic hydroxyl groups is 1. The summed E-state index contributed by atoms with van der Waals surface area (Å²) >= 11 is 6.10. The molecule has 3 amide bonds. The predicted octanol–water partition coefficient (Wildman–Crippen LogP) is 2.75. The fraction of sp³-hybridized carbons (Fsp3) is 0.364. The van der Waals surface area contributed by atoms with Crippen molar-refractivity contribution in [3.63, 3.8) is 0 Å². The van der Waals surface area contributed by atoms with Gasteiger partial charge in [0.1, 0.15) is 18.0 Å². The fourth-order valence-corrected chi connectivity index (χ4v) is 6.27. The SMILES string of the molecule is CCc1c(N2CCN(C(=O)CNC(=O)c3ccncc3O)CC2)c(=O)n2nc(C3=CCOCC3)nc2n1CC(=O)Nc1ccc(C(F)(F)F)cc1Cl. The van der Waals surface area contributed by atoms with Crippen molar-refractivity contribution in [3.05, 3.63) is 80.8 Å². The molecule has 1 aromatic carbocycles. The molecule has 1 saturated heterocycles. The van der Waals surface area contributed by atoms with Crippen molar-refractivity contribution in [3.8, 4) is 5.75 Å². The zero-order valence-corrected chi connectivity index (χ0v) is 28.5. The van der Waals surface area contributed by atoms with Crippen LogP contribution in [0.3, 0.4) is 0 Å². The van der Waals surface area contributed by atoms with E-state index in [1.807, 2.05) is 6.08 Å². The van der Waals surface area contributed by atoms with Crippen LogP contribution in [0.2, 0.25) is 5.02 Å². The highest BCUT2D eigenvalue weighted by molar-refractivity contribution is 6.33. The zero-order chi connectivity index (χ0) is 37.2. The maximum Gasteiger partial charge on any atom is 0.416 e. The standard InChI is InChI=1S/C33H33ClF3N9O6/c1-2-24-28(44-11-9-43(10-12-44)27(49)17-39-30(50)21-5-8-38-16-25(21)47)31(51)46-32(41-29(42-46)19-6-13-52-14-7-19)45(24)18-26(48)40-23-4-3-20(15-22(23)34)33(35,36)37/h3-6,8,15-16,47H,2,7,9-14,17-18H2,1H3,(H,39,50)(H,40,48). The molecule has 0 spiro atoms. The third kappa shape index (κ3) is 7.57. The van der Waals surface area contributed by atoms with Gasteiger partial charge in [-0.05, 0) is 42.7 Å². The second-order valence-corrected chi connectivity index (χ2v) is 12.3. The number of hydrogen-bond acceptors (Lipinski definition) is 10. The molecular weight excluding hydrogens is 711 g/mol. The minimum Gasteiger partial charge on any atom is -0.505 e. The Bertz CT molecular complexity index is 2130. The molecule has 0 aliphatic carbocycles. The van der Waals surface area contributed by atoms with Crippen LogP contribution in [-0.4, -0.2) is 97.8 Å². The van der Waals surface area contributed by atoms with Crippen molar-refractivity contribution in [1.29, 1.82) is 0 Å². The molecular formula is C33H33ClF3N9O6. The second-order valence-electron chi connectivity index (χ2n) is 11.9. The molecule has 19 heteroatoms. The number of amides is 3. The Hall–Kier alpha value is -5.49. The lowest BCUT2D eigenvalue weighted by atomic mass is 10.1. The van der Waals surface area contributed by atoms with Crippen LogP contribution in [0.4, 0.5) is 24.5 Å². The van der Waals surface area contributed by atoms with Gasteiger partial charge in [-0.25, -0.2) is 0 Å². The molecule has 0 saturated carbocycles. The highest BCUT2D eigenvalue weighted by Crippen LogP contribution is 2.34. The van der Waals surface area contributed by atoms with Gasteiger partial charge in [-0.1, -0.05) is 24.6 Å². The molecule has 274 valence electrons. The average Bonchev–Trinajstić information content (AvgIpc) is 3.59. The summed E-state index contributed by atoms with van der Waals surface area (Å²) < 4.78 is 47.6. The summed E-state index contributed by atoms with van der Waals surface area (Å²) in [6.45, 7) is 2.75. The summed E-state index contributed by atoms with van der Waals surface area (Å²) in [5.41, 5.74) is -0.0296.